The molecule has 0 aliphatic rings. The maximum absolute atomic E-state index is 14.5. The molecule has 0 aliphatic heterocycles. The molecule has 2 N–H and O–H groups in total. The molecule has 0 atom stereocenters. The molecule has 3 rings (SSSR count). The Morgan fingerprint density at radius 3 is 2.71 bits per heavy atom. The lowest BCUT2D eigenvalue weighted by Gasteiger charge is -2.11. The van der Waals surface area contributed by atoms with E-state index in [4.69, 9.17) is 21.8 Å². The lowest BCUT2D eigenvalue weighted by Crippen LogP contribution is -2.22. The largest absolute Gasteiger partial charge is 0.403 e. The van der Waals surface area contributed by atoms with Crippen LogP contribution in [0.5, 0.6) is 0 Å². The van der Waals surface area contributed by atoms with Crippen molar-refractivity contribution in [1.82, 2.24) is 14.8 Å². The Bertz CT molecular complexity index is 984. The number of hydrogen-bond donors (Lipinski definition) is 1. The zero-order chi connectivity index (χ0) is 17.4. The van der Waals surface area contributed by atoms with Gasteiger partial charge in [0.2, 0.25) is 0 Å². The first-order valence-corrected chi connectivity index (χ1v) is 7.16. The summed E-state index contributed by atoms with van der Waals surface area (Å²) in [5.74, 6) is -1.70. The molecular formula is C15H11ClF2N4O2. The highest BCUT2D eigenvalue weighted by Gasteiger charge is 2.21. The van der Waals surface area contributed by atoms with Gasteiger partial charge in [0, 0.05) is 30.3 Å². The van der Waals surface area contributed by atoms with Crippen LogP contribution in [0.25, 0.3) is 11.5 Å². The highest BCUT2D eigenvalue weighted by atomic mass is 35.5. The quantitative estimate of drug-likeness (QED) is 0.782. The average Bonchev–Trinajstić information content (AvgIpc) is 2.96. The third-order valence-electron chi connectivity index (χ3n) is 3.47. The summed E-state index contributed by atoms with van der Waals surface area (Å²) in [6.45, 7) is 0. The Hall–Kier alpha value is -2.74. The van der Waals surface area contributed by atoms with Gasteiger partial charge in [0.15, 0.2) is 5.82 Å². The molecule has 0 bridgehead atoms. The molecular weight excluding hydrogens is 342 g/mol. The molecule has 0 aliphatic carbocycles. The van der Waals surface area contributed by atoms with E-state index in [1.807, 2.05) is 0 Å². The maximum Gasteiger partial charge on any atom is 0.313 e. The van der Waals surface area contributed by atoms with E-state index in [1.54, 1.807) is 0 Å². The van der Waals surface area contributed by atoms with Crippen molar-refractivity contribution in [2.45, 2.75) is 6.42 Å². The predicted octanol–water partition coefficient (Wildman–Crippen LogP) is 2.54. The first-order valence-electron chi connectivity index (χ1n) is 6.78. The van der Waals surface area contributed by atoms with Crippen LogP contribution in [0.3, 0.4) is 0 Å². The molecule has 3 aromatic rings. The van der Waals surface area contributed by atoms with E-state index in [1.165, 1.54) is 25.4 Å². The van der Waals surface area contributed by atoms with Crippen molar-refractivity contribution in [3.63, 3.8) is 0 Å². The summed E-state index contributed by atoms with van der Waals surface area (Å²) in [7, 11) is 1.38. The molecule has 24 heavy (non-hydrogen) atoms. The molecule has 124 valence electrons. The number of benzene rings is 1. The van der Waals surface area contributed by atoms with Gasteiger partial charge in [-0.2, -0.15) is 0 Å². The molecule has 2 heterocycles. The molecule has 0 radical (unpaired) electrons. The van der Waals surface area contributed by atoms with Crippen LogP contribution in [-0.2, 0) is 13.5 Å². The van der Waals surface area contributed by atoms with Crippen LogP contribution in [0.4, 0.5) is 14.8 Å². The second-order valence-electron chi connectivity index (χ2n) is 5.11. The highest BCUT2D eigenvalue weighted by Crippen LogP contribution is 2.27. The fourth-order valence-corrected chi connectivity index (χ4v) is 2.45. The summed E-state index contributed by atoms with van der Waals surface area (Å²) < 4.78 is 34.7. The average molecular weight is 353 g/mol. The van der Waals surface area contributed by atoms with E-state index in [2.05, 4.69) is 10.2 Å². The van der Waals surface area contributed by atoms with Crippen LogP contribution >= 0.6 is 11.6 Å². The van der Waals surface area contributed by atoms with Gasteiger partial charge in [-0.25, -0.2) is 8.78 Å². The third-order valence-corrected chi connectivity index (χ3v) is 3.71. The van der Waals surface area contributed by atoms with E-state index < -0.39 is 17.2 Å². The second kappa shape index (κ2) is 6.04. The molecule has 1 aromatic carbocycles. The highest BCUT2D eigenvalue weighted by molar-refractivity contribution is 6.30. The van der Waals surface area contributed by atoms with Gasteiger partial charge in [-0.15, -0.1) is 5.10 Å². The molecule has 0 fully saturated rings. The topological polar surface area (TPSA) is 86.9 Å². The number of aromatic nitrogens is 3. The van der Waals surface area contributed by atoms with Crippen molar-refractivity contribution in [3.8, 4) is 11.5 Å². The summed E-state index contributed by atoms with van der Waals surface area (Å²) in [6.07, 6.45) is 1.14. The Labute approximate surface area is 139 Å². The van der Waals surface area contributed by atoms with E-state index in [9.17, 15) is 13.6 Å². The Balaban J connectivity index is 2.18. The zero-order valence-electron chi connectivity index (χ0n) is 12.4. The van der Waals surface area contributed by atoms with Crippen LogP contribution in [0.15, 0.2) is 33.6 Å². The number of aryl methyl sites for hydroxylation is 1. The van der Waals surface area contributed by atoms with Crippen molar-refractivity contribution in [1.29, 1.82) is 0 Å². The molecule has 2 aromatic heterocycles. The van der Waals surface area contributed by atoms with Gasteiger partial charge >= 0.3 is 6.01 Å². The molecule has 6 nitrogen and oxygen atoms in total. The van der Waals surface area contributed by atoms with Crippen LogP contribution < -0.4 is 11.3 Å². The summed E-state index contributed by atoms with van der Waals surface area (Å²) >= 11 is 5.71. The summed E-state index contributed by atoms with van der Waals surface area (Å²) in [5.41, 5.74) is 4.80. The maximum atomic E-state index is 14.5. The first-order chi connectivity index (χ1) is 11.4. The summed E-state index contributed by atoms with van der Waals surface area (Å²) in [5, 5.41) is 7.42. The number of nitrogens with two attached hydrogens (primary N) is 1. The van der Waals surface area contributed by atoms with Crippen molar-refractivity contribution in [2.24, 2.45) is 7.05 Å². The van der Waals surface area contributed by atoms with Gasteiger partial charge in [-0.05, 0) is 17.7 Å². The number of hydrogen-bond acceptors (Lipinski definition) is 5. The molecule has 0 unspecified atom stereocenters. The van der Waals surface area contributed by atoms with E-state index in [-0.39, 0.29) is 40.0 Å². The van der Waals surface area contributed by atoms with Crippen molar-refractivity contribution < 1.29 is 13.2 Å². The fraction of sp³-hybridized carbons (Fsp3) is 0.133. The number of halogens is 3. The fourth-order valence-electron chi connectivity index (χ4n) is 2.29. The Kier molecular flexibility index (Phi) is 4.06. The van der Waals surface area contributed by atoms with Gasteiger partial charge in [0.05, 0.1) is 5.56 Å². The zero-order valence-corrected chi connectivity index (χ0v) is 13.1. The minimum atomic E-state index is -1.03. The monoisotopic (exact) mass is 352 g/mol. The number of rotatable bonds is 3. The van der Waals surface area contributed by atoms with Crippen molar-refractivity contribution >= 4 is 17.6 Å². The van der Waals surface area contributed by atoms with Gasteiger partial charge in [-0.1, -0.05) is 22.8 Å². The Morgan fingerprint density at radius 1 is 1.33 bits per heavy atom. The summed E-state index contributed by atoms with van der Waals surface area (Å²) in [4.78, 5) is 11.9. The first kappa shape index (κ1) is 16.1. The molecule has 0 saturated heterocycles. The Morgan fingerprint density at radius 2 is 2.08 bits per heavy atom. The smallest absolute Gasteiger partial charge is 0.313 e. The lowest BCUT2D eigenvalue weighted by molar-refractivity contribution is 0.562. The van der Waals surface area contributed by atoms with Crippen molar-refractivity contribution in [3.05, 3.63) is 62.5 Å². The summed E-state index contributed by atoms with van der Waals surface area (Å²) in [6, 6.07) is 3.80. The number of nitrogen functional groups attached to an aromatic ring is 1. The van der Waals surface area contributed by atoms with Gasteiger partial charge in [-0.3, -0.25) is 4.79 Å². The molecule has 0 amide bonds. The van der Waals surface area contributed by atoms with E-state index in [0.717, 1.165) is 10.6 Å². The third kappa shape index (κ3) is 2.88. The van der Waals surface area contributed by atoms with Gasteiger partial charge in [0.1, 0.15) is 5.82 Å². The van der Waals surface area contributed by atoms with E-state index in [0.29, 0.717) is 0 Å². The SMILES string of the molecule is Cn1cc(-c2nnc(N)o2)c(Cc2ccc(Cl)cc2F)c(F)c1=O. The van der Waals surface area contributed by atoms with Crippen molar-refractivity contribution in [2.75, 3.05) is 5.73 Å². The molecule has 9 heteroatoms. The normalized spacial score (nSPS) is 11.0. The van der Waals surface area contributed by atoms with Crippen LogP contribution in [0.2, 0.25) is 5.02 Å². The number of anilines is 1. The number of nitrogens with zero attached hydrogens (tertiary/aromatic N) is 3. The second-order valence-corrected chi connectivity index (χ2v) is 5.55. The minimum Gasteiger partial charge on any atom is -0.403 e. The number of pyridine rings is 1. The predicted molar refractivity (Wildman–Crippen MR) is 83.6 cm³/mol. The van der Waals surface area contributed by atoms with Gasteiger partial charge in [0.25, 0.3) is 11.4 Å². The lowest BCUT2D eigenvalue weighted by atomic mass is 10.0. The van der Waals surface area contributed by atoms with Crippen LogP contribution in [0.1, 0.15) is 11.1 Å². The van der Waals surface area contributed by atoms with Gasteiger partial charge < -0.3 is 14.7 Å². The molecule has 0 saturated carbocycles. The molecule has 0 spiro atoms. The minimum absolute atomic E-state index is 0.0635. The standard InChI is InChI=1S/C15H11ClF2N4O2/c1-22-6-10(13-20-21-15(19)24-13)9(12(18)14(22)23)4-7-2-3-8(16)5-11(7)17/h2-3,5-6H,4H2,1H3,(H2,19,21). The van der Waals surface area contributed by atoms with E-state index >= 15 is 0 Å². The van der Waals surface area contributed by atoms with Crippen LogP contribution in [-0.4, -0.2) is 14.8 Å². The van der Waals surface area contributed by atoms with Crippen LogP contribution in [0, 0.1) is 11.6 Å².